The number of hydrogen-bond acceptors (Lipinski definition) is 12. The Hall–Kier alpha value is -5.80. The monoisotopic (exact) mass is 1480 g/mol. The molecule has 6 fully saturated rings. The SMILES string of the molecule is CC[C@H](C)[C@@H]1NC(=O)[C@H](CC(C)C)N(C)C(=O)C[C@@H](C(=O)N2CCCCC2)N(C)C(=O)[C@H](C(C)C)N(C)C(=O)C2(CCCC2)NC(=O)[C@@H]2CCCN2C(=O)[C@H](CCC2CCC(C(F)(F)F)C(Cl)C2)NC(=O)CN(C)C(=O)[C@H](CC2CCCC(Br)C2)N(C)C(=O)CN(C)C(=O)CN(C)C1=O. The van der Waals surface area contributed by atoms with Crippen LogP contribution >= 0.6 is 27.5 Å². The highest BCUT2D eigenvalue weighted by Crippen LogP contribution is 2.44. The molecule has 1 spiro atoms. The molecule has 13 atom stereocenters. The van der Waals surface area contributed by atoms with Crippen LogP contribution in [0.15, 0.2) is 0 Å². The van der Waals surface area contributed by atoms with Gasteiger partial charge in [0.05, 0.1) is 32.0 Å². The van der Waals surface area contributed by atoms with Crippen LogP contribution in [0.2, 0.25) is 0 Å². The Morgan fingerprint density at radius 3 is 1.84 bits per heavy atom. The summed E-state index contributed by atoms with van der Waals surface area (Å²) < 4.78 is 42.0. The molecule has 3 saturated heterocycles. The first-order chi connectivity index (χ1) is 46.4. The van der Waals surface area contributed by atoms with Crippen LogP contribution in [0, 0.1) is 35.5 Å². The van der Waals surface area contributed by atoms with Gasteiger partial charge in [-0.05, 0) is 132 Å². The third-order valence-corrected chi connectivity index (χ3v) is 23.3. The van der Waals surface area contributed by atoms with E-state index in [-0.39, 0.29) is 93.3 Å². The lowest BCUT2D eigenvalue weighted by Gasteiger charge is -2.42. The van der Waals surface area contributed by atoms with E-state index >= 15 is 19.2 Å². The van der Waals surface area contributed by atoms with Crippen molar-refractivity contribution in [3.8, 4) is 0 Å². The quantitative estimate of drug-likeness (QED) is 0.203. The number of amides is 12. The van der Waals surface area contributed by atoms with Crippen molar-refractivity contribution in [1.82, 2.24) is 60.0 Å². The Kier molecular flexibility index (Phi) is 30.2. The first-order valence-corrected chi connectivity index (χ1v) is 37.4. The van der Waals surface area contributed by atoms with Gasteiger partial charge in [0.15, 0.2) is 0 Å². The lowest BCUT2D eigenvalue weighted by atomic mass is 9.78. The summed E-state index contributed by atoms with van der Waals surface area (Å²) in [5, 5.41) is 7.54. The number of carbonyl (C=O) groups excluding carboxylic acids is 12. The predicted octanol–water partition coefficient (Wildman–Crippen LogP) is 5.93. The smallest absolute Gasteiger partial charge is 0.343 e. The molecule has 99 heavy (non-hydrogen) atoms. The molecule has 0 bridgehead atoms. The molecule has 3 N–H and O–H groups in total. The topological polar surface area (TPSA) is 270 Å². The molecule has 0 aromatic rings. The van der Waals surface area contributed by atoms with Crippen LogP contribution in [0.3, 0.4) is 0 Å². The molecule has 0 radical (unpaired) electrons. The third kappa shape index (κ3) is 21.2. The maximum absolute atomic E-state index is 15.4. The van der Waals surface area contributed by atoms with Gasteiger partial charge in [-0.3, -0.25) is 57.5 Å². The number of carbonyl (C=O) groups is 12. The van der Waals surface area contributed by atoms with Crippen LogP contribution < -0.4 is 16.0 Å². The number of nitrogens with zero attached hydrogens (tertiary/aromatic N) is 9. The molecule has 6 rings (SSSR count). The van der Waals surface area contributed by atoms with E-state index in [4.69, 9.17) is 11.6 Å². The van der Waals surface area contributed by atoms with Crippen molar-refractivity contribution in [1.29, 1.82) is 0 Å². The Labute approximate surface area is 597 Å². The summed E-state index contributed by atoms with van der Waals surface area (Å²) >= 11 is 10.1. The molecule has 29 heteroatoms. The van der Waals surface area contributed by atoms with Crippen molar-refractivity contribution in [2.45, 2.75) is 247 Å². The van der Waals surface area contributed by atoms with E-state index in [1.54, 1.807) is 25.7 Å². The van der Waals surface area contributed by atoms with Crippen molar-refractivity contribution in [2.24, 2.45) is 35.5 Å². The number of alkyl halides is 5. The zero-order valence-corrected chi connectivity index (χ0v) is 63.1. The second kappa shape index (κ2) is 36.4. The first-order valence-electron chi connectivity index (χ1n) is 36.1. The molecule has 24 nitrogen and oxygen atoms in total. The van der Waals surface area contributed by atoms with Crippen LogP contribution in [0.5, 0.6) is 0 Å². The maximum Gasteiger partial charge on any atom is 0.393 e. The third-order valence-electron chi connectivity index (χ3n) is 22.0. The molecular formula is C70H113BrClF3N12O12. The van der Waals surface area contributed by atoms with E-state index in [0.29, 0.717) is 58.0 Å². The minimum absolute atomic E-state index is 0.00493. The molecule has 560 valence electrons. The minimum Gasteiger partial charge on any atom is -0.343 e. The van der Waals surface area contributed by atoms with E-state index < -0.39 is 174 Å². The maximum atomic E-state index is 15.4. The zero-order valence-electron chi connectivity index (χ0n) is 60.8. The van der Waals surface area contributed by atoms with Gasteiger partial charge in [-0.15, -0.1) is 11.6 Å². The Bertz CT molecular complexity index is 2880. The molecule has 3 heterocycles. The number of halogens is 5. The molecule has 5 unspecified atom stereocenters. The normalized spacial score (nSPS) is 30.5. The predicted molar refractivity (Wildman–Crippen MR) is 371 cm³/mol. The van der Waals surface area contributed by atoms with Crippen LogP contribution in [-0.2, 0) is 57.5 Å². The Balaban J connectivity index is 1.41. The fourth-order valence-electron chi connectivity index (χ4n) is 15.6. The van der Waals surface area contributed by atoms with Gasteiger partial charge in [0.2, 0.25) is 70.9 Å². The van der Waals surface area contributed by atoms with E-state index in [9.17, 15) is 51.5 Å². The molecule has 3 aliphatic heterocycles. The zero-order chi connectivity index (χ0) is 73.7. The molecule has 0 aromatic carbocycles. The number of fused-ring (bicyclic) bond motifs is 1. The van der Waals surface area contributed by atoms with Gasteiger partial charge in [-0.25, -0.2) is 0 Å². The highest BCUT2D eigenvalue weighted by molar-refractivity contribution is 9.09. The fourth-order valence-corrected chi connectivity index (χ4v) is 17.0. The van der Waals surface area contributed by atoms with Crippen LogP contribution in [0.4, 0.5) is 13.2 Å². The van der Waals surface area contributed by atoms with Crippen molar-refractivity contribution in [3.63, 3.8) is 0 Å². The second-order valence-electron chi connectivity index (χ2n) is 30.2. The van der Waals surface area contributed by atoms with Crippen LogP contribution in [0.25, 0.3) is 0 Å². The largest absolute Gasteiger partial charge is 0.393 e. The van der Waals surface area contributed by atoms with Crippen molar-refractivity contribution in [3.05, 3.63) is 0 Å². The number of nitrogens with one attached hydrogen (secondary N) is 3. The molecular weight excluding hydrogens is 1370 g/mol. The van der Waals surface area contributed by atoms with Gasteiger partial charge in [0.25, 0.3) is 0 Å². The van der Waals surface area contributed by atoms with Gasteiger partial charge in [-0.2, -0.15) is 13.2 Å². The highest BCUT2D eigenvalue weighted by atomic mass is 79.9. The van der Waals surface area contributed by atoms with Crippen molar-refractivity contribution >= 4 is 98.4 Å². The standard InChI is InChI=1S/C70H113BrClF3N12O12/c1-14-44(6)59-66(97)81(9)40-57(90)79(7)41-58(91)83(11)53(37-46-22-20-23-47(71)35-46)64(95)80(8)39-55(88)76-50(28-26-45-25-27-48(49(72)36-45)70(73,74)75)63(94)87-33-21-24-51(87)62(93)78-69(29-16-17-30-69)68(99)85(13)60(43(4)5)67(98)84(12)54(65(96)86-31-18-15-19-32-86)38-56(89)82(10)52(34-42(2)3)61(92)77-59/h42-54,59-60H,14-41H2,1-13H3,(H,76,88)(H,77,92)(H,78,93)/t44-,45?,46?,47?,48?,49?,50-,51-,52-,53-,54-,59-,60-/m0/s1. The summed E-state index contributed by atoms with van der Waals surface area (Å²) in [4.78, 5) is 190. The van der Waals surface area contributed by atoms with Gasteiger partial charge in [0, 0.05) is 79.2 Å². The van der Waals surface area contributed by atoms with Gasteiger partial charge in [0.1, 0.15) is 47.8 Å². The molecule has 3 aliphatic carbocycles. The number of rotatable bonds is 11. The minimum atomic E-state index is -4.51. The van der Waals surface area contributed by atoms with Gasteiger partial charge < -0.3 is 60.0 Å². The van der Waals surface area contributed by atoms with Gasteiger partial charge in [-0.1, -0.05) is 89.6 Å². The number of likely N-dealkylation sites (N-methyl/N-ethyl adjacent to an activating group) is 7. The summed E-state index contributed by atoms with van der Waals surface area (Å²) in [6.07, 6.45) is 2.97. The summed E-state index contributed by atoms with van der Waals surface area (Å²) in [5.41, 5.74) is -1.57. The average Bonchev–Trinajstić information content (AvgIpc) is 1.75. The van der Waals surface area contributed by atoms with Crippen molar-refractivity contribution < 1.29 is 70.7 Å². The lowest BCUT2D eigenvalue weighted by Crippen LogP contribution is -2.65. The first kappa shape index (κ1) is 82.2. The van der Waals surface area contributed by atoms with Crippen LogP contribution in [-0.4, -0.2) is 268 Å². The van der Waals surface area contributed by atoms with Crippen molar-refractivity contribution in [2.75, 3.05) is 88.6 Å². The molecule has 0 aromatic heterocycles. The van der Waals surface area contributed by atoms with E-state index in [1.165, 1.54) is 73.8 Å². The summed E-state index contributed by atoms with van der Waals surface area (Å²) in [7, 11) is 9.90. The Morgan fingerprint density at radius 2 is 1.24 bits per heavy atom. The van der Waals surface area contributed by atoms with Gasteiger partial charge >= 0.3 is 6.18 Å². The lowest BCUT2D eigenvalue weighted by molar-refractivity contribution is -0.182. The molecule has 6 aliphatic rings. The second-order valence-corrected chi connectivity index (χ2v) is 32.1. The van der Waals surface area contributed by atoms with E-state index in [1.807, 2.05) is 20.8 Å². The van der Waals surface area contributed by atoms with E-state index in [0.717, 1.165) is 40.4 Å². The highest BCUT2D eigenvalue weighted by Gasteiger charge is 2.52. The van der Waals surface area contributed by atoms with E-state index in [2.05, 4.69) is 31.9 Å². The number of likely N-dealkylation sites (tertiary alicyclic amines) is 1. The average molecular weight is 1490 g/mol. The number of piperidine rings is 1. The molecule has 12 amide bonds. The fraction of sp³-hybridized carbons (Fsp3) is 0.829. The summed E-state index contributed by atoms with van der Waals surface area (Å²) in [6.45, 7) is 9.93. The molecule has 3 saturated carbocycles. The summed E-state index contributed by atoms with van der Waals surface area (Å²) in [6, 6.07) is -8.70. The summed E-state index contributed by atoms with van der Waals surface area (Å²) in [5.74, 6) is -11.1. The number of hydrogen-bond donors (Lipinski definition) is 3. The Morgan fingerprint density at radius 1 is 0.616 bits per heavy atom. The van der Waals surface area contributed by atoms with Crippen LogP contribution in [0.1, 0.15) is 183 Å².